The van der Waals surface area contributed by atoms with Crippen LogP contribution >= 0.6 is 11.3 Å². The van der Waals surface area contributed by atoms with Crippen molar-refractivity contribution in [1.82, 2.24) is 25.6 Å². The van der Waals surface area contributed by atoms with E-state index in [0.29, 0.717) is 29.1 Å². The second kappa shape index (κ2) is 8.55. The summed E-state index contributed by atoms with van der Waals surface area (Å²) in [6, 6.07) is -0.264. The van der Waals surface area contributed by atoms with Crippen molar-refractivity contribution in [2.75, 3.05) is 20.2 Å². The van der Waals surface area contributed by atoms with Crippen LogP contribution in [-0.2, 0) is 6.18 Å². The first-order valence-corrected chi connectivity index (χ1v) is 9.39. The molecule has 2 aromatic rings. The van der Waals surface area contributed by atoms with Gasteiger partial charge in [-0.3, -0.25) is 10.3 Å². The molecule has 29 heavy (non-hydrogen) atoms. The third kappa shape index (κ3) is 4.88. The van der Waals surface area contributed by atoms with Gasteiger partial charge in [0, 0.05) is 41.9 Å². The Morgan fingerprint density at radius 3 is 2.59 bits per heavy atom. The number of methoxy groups -OCH3 is 1. The smallest absolute Gasteiger partial charge is 0.434 e. The van der Waals surface area contributed by atoms with Crippen molar-refractivity contribution in [3.05, 3.63) is 34.0 Å². The van der Waals surface area contributed by atoms with Crippen molar-refractivity contribution >= 4 is 34.3 Å². The minimum atomic E-state index is -4.54. The number of aliphatic imine (C=N–C) groups is 1. The van der Waals surface area contributed by atoms with E-state index in [4.69, 9.17) is 4.74 Å². The average Bonchev–Trinajstić information content (AvgIpc) is 3.19. The number of aromatic nitrogens is 3. The van der Waals surface area contributed by atoms with Gasteiger partial charge in [0.1, 0.15) is 10.8 Å². The van der Waals surface area contributed by atoms with Crippen LogP contribution in [-0.4, -0.2) is 47.0 Å². The highest BCUT2D eigenvalue weighted by atomic mass is 32.1. The van der Waals surface area contributed by atoms with Gasteiger partial charge in [0.25, 0.3) is 0 Å². The molecule has 0 fully saturated rings. The number of carbonyl (C=O) groups is 1. The molecule has 1 aliphatic rings. The molecule has 154 valence electrons. The SMILES string of the molecule is CCNC(=O)NC1=NCC(c2cnc(OC)nc2)=C(c2nc(C(F)(F)F)cs2)C1. The van der Waals surface area contributed by atoms with Crippen molar-refractivity contribution < 1.29 is 22.7 Å². The number of alkyl halides is 3. The number of carbonyl (C=O) groups excluding carboxylic acids is 1. The van der Waals surface area contributed by atoms with E-state index in [0.717, 1.165) is 16.7 Å². The molecule has 0 bridgehead atoms. The summed E-state index contributed by atoms with van der Waals surface area (Å²) in [5.74, 6) is 0.341. The van der Waals surface area contributed by atoms with Gasteiger partial charge in [-0.2, -0.15) is 13.2 Å². The number of hydrogen-bond donors (Lipinski definition) is 2. The lowest BCUT2D eigenvalue weighted by atomic mass is 9.97. The van der Waals surface area contributed by atoms with E-state index in [1.165, 1.54) is 19.5 Å². The molecule has 2 N–H and O–H groups in total. The quantitative estimate of drug-likeness (QED) is 0.783. The molecule has 0 saturated carbocycles. The second-order valence-corrected chi connectivity index (χ2v) is 6.73. The number of urea groups is 1. The number of hydrogen-bond acceptors (Lipinski definition) is 7. The largest absolute Gasteiger partial charge is 0.467 e. The molecule has 0 saturated heterocycles. The van der Waals surface area contributed by atoms with Gasteiger partial charge in [-0.15, -0.1) is 11.3 Å². The molecule has 8 nitrogen and oxygen atoms in total. The first-order valence-electron chi connectivity index (χ1n) is 8.51. The fourth-order valence-electron chi connectivity index (χ4n) is 2.61. The minimum absolute atomic E-state index is 0.114. The molecule has 0 radical (unpaired) electrons. The second-order valence-electron chi connectivity index (χ2n) is 5.88. The zero-order chi connectivity index (χ0) is 21.0. The molecule has 2 amide bonds. The average molecular weight is 426 g/mol. The molecule has 0 spiro atoms. The summed E-state index contributed by atoms with van der Waals surface area (Å²) in [7, 11) is 1.43. The van der Waals surface area contributed by atoms with Gasteiger partial charge in [0.2, 0.25) is 0 Å². The highest BCUT2D eigenvalue weighted by Crippen LogP contribution is 2.37. The number of thiazole rings is 1. The molecule has 0 aliphatic carbocycles. The summed E-state index contributed by atoms with van der Waals surface area (Å²) in [6.07, 6.45) is -1.40. The summed E-state index contributed by atoms with van der Waals surface area (Å²) >= 11 is 0.882. The number of nitrogens with one attached hydrogen (secondary N) is 2. The molecule has 3 heterocycles. The van der Waals surface area contributed by atoms with Crippen LogP contribution < -0.4 is 15.4 Å². The van der Waals surface area contributed by atoms with Crippen LogP contribution in [0, 0.1) is 0 Å². The van der Waals surface area contributed by atoms with E-state index in [1.54, 1.807) is 6.92 Å². The third-order valence-corrected chi connectivity index (χ3v) is 4.85. The van der Waals surface area contributed by atoms with E-state index in [1.807, 2.05) is 0 Å². The van der Waals surface area contributed by atoms with Crippen molar-refractivity contribution in [2.24, 2.45) is 4.99 Å². The molecule has 0 unspecified atom stereocenters. The third-order valence-electron chi connectivity index (χ3n) is 3.94. The van der Waals surface area contributed by atoms with Crippen LogP contribution in [0.25, 0.3) is 11.1 Å². The van der Waals surface area contributed by atoms with E-state index in [2.05, 4.69) is 30.6 Å². The Hall–Kier alpha value is -3.02. The fraction of sp³-hybridized carbons (Fsp3) is 0.353. The zero-order valence-corrected chi connectivity index (χ0v) is 16.3. The number of halogens is 3. The first-order chi connectivity index (χ1) is 13.8. The van der Waals surface area contributed by atoms with E-state index >= 15 is 0 Å². The normalized spacial score (nSPS) is 14.4. The lowest BCUT2D eigenvalue weighted by Gasteiger charge is -2.20. The first kappa shape index (κ1) is 20.7. The van der Waals surface area contributed by atoms with Gasteiger partial charge >= 0.3 is 18.2 Å². The van der Waals surface area contributed by atoms with Crippen LogP contribution in [0.3, 0.4) is 0 Å². The Morgan fingerprint density at radius 1 is 1.28 bits per heavy atom. The van der Waals surface area contributed by atoms with E-state index in [-0.39, 0.29) is 24.0 Å². The van der Waals surface area contributed by atoms with Crippen LogP contribution in [0.15, 0.2) is 22.8 Å². The van der Waals surface area contributed by atoms with Crippen LogP contribution in [0.2, 0.25) is 0 Å². The summed E-state index contributed by atoms with van der Waals surface area (Å²) in [5, 5.41) is 6.37. The van der Waals surface area contributed by atoms with Crippen LogP contribution in [0.5, 0.6) is 6.01 Å². The van der Waals surface area contributed by atoms with E-state index < -0.39 is 17.9 Å². The van der Waals surface area contributed by atoms with Crippen LogP contribution in [0.4, 0.5) is 18.0 Å². The summed E-state index contributed by atoms with van der Waals surface area (Å²) in [6.45, 7) is 2.33. The van der Waals surface area contributed by atoms with Gasteiger partial charge in [-0.05, 0) is 12.5 Å². The predicted molar refractivity (Wildman–Crippen MR) is 102 cm³/mol. The standard InChI is InChI=1S/C17H17F3N6O2S/c1-3-21-15(27)26-13-4-10(14-25-12(8-29-14)17(18,19)20)11(7-22-13)9-5-23-16(28-2)24-6-9/h5-6,8H,3-4,7H2,1-2H3,(H2,21,22,26,27). The molecule has 0 aromatic carbocycles. The molecule has 12 heteroatoms. The maximum absolute atomic E-state index is 13.0. The minimum Gasteiger partial charge on any atom is -0.467 e. The molecule has 3 rings (SSSR count). The van der Waals surface area contributed by atoms with Gasteiger partial charge in [-0.25, -0.2) is 19.7 Å². The zero-order valence-electron chi connectivity index (χ0n) is 15.5. The Morgan fingerprint density at radius 2 is 2.00 bits per heavy atom. The summed E-state index contributed by atoms with van der Waals surface area (Å²) in [4.78, 5) is 28.0. The molecule has 0 atom stereocenters. The number of dihydropyridines is 1. The highest BCUT2D eigenvalue weighted by Gasteiger charge is 2.34. The Balaban J connectivity index is 1.97. The lowest BCUT2D eigenvalue weighted by Crippen LogP contribution is -2.40. The van der Waals surface area contributed by atoms with E-state index in [9.17, 15) is 18.0 Å². The van der Waals surface area contributed by atoms with Gasteiger partial charge < -0.3 is 10.1 Å². The van der Waals surface area contributed by atoms with Gasteiger partial charge in [-0.1, -0.05) is 0 Å². The number of ether oxygens (including phenoxy) is 1. The van der Waals surface area contributed by atoms with Crippen molar-refractivity contribution in [2.45, 2.75) is 19.5 Å². The molecular weight excluding hydrogens is 409 g/mol. The lowest BCUT2D eigenvalue weighted by molar-refractivity contribution is -0.140. The Labute approximate surface area is 168 Å². The molecule has 2 aromatic heterocycles. The van der Waals surface area contributed by atoms with Crippen molar-refractivity contribution in [3.63, 3.8) is 0 Å². The van der Waals surface area contributed by atoms with Crippen LogP contribution in [0.1, 0.15) is 29.6 Å². The maximum Gasteiger partial charge on any atom is 0.434 e. The number of amides is 2. The molecular formula is C17H17F3N6O2S. The van der Waals surface area contributed by atoms with Gasteiger partial charge in [0.05, 0.1) is 13.7 Å². The maximum atomic E-state index is 13.0. The van der Waals surface area contributed by atoms with Crippen molar-refractivity contribution in [3.8, 4) is 6.01 Å². The number of rotatable bonds is 4. The highest BCUT2D eigenvalue weighted by molar-refractivity contribution is 7.11. The number of nitrogens with zero attached hydrogens (tertiary/aromatic N) is 4. The molecule has 1 aliphatic heterocycles. The van der Waals surface area contributed by atoms with Crippen molar-refractivity contribution in [1.29, 1.82) is 0 Å². The fourth-order valence-corrected chi connectivity index (χ4v) is 3.51. The predicted octanol–water partition coefficient (Wildman–Crippen LogP) is 2.99. The Bertz CT molecular complexity index is 953. The summed E-state index contributed by atoms with van der Waals surface area (Å²) < 4.78 is 44.0. The monoisotopic (exact) mass is 426 g/mol. The number of amidine groups is 1. The van der Waals surface area contributed by atoms with Gasteiger partial charge in [0.15, 0.2) is 5.69 Å². The Kier molecular flexibility index (Phi) is 6.11. The summed E-state index contributed by atoms with van der Waals surface area (Å²) in [5.41, 5.74) is 0.791. The topological polar surface area (TPSA) is 101 Å².